The minimum atomic E-state index is -1.31. The molecule has 1 aromatic carbocycles. The highest BCUT2D eigenvalue weighted by atomic mass is 19.1. The number of hydrogen-bond acceptors (Lipinski definition) is 0. The summed E-state index contributed by atoms with van der Waals surface area (Å²) in [6, 6.07) is 6.99. The fraction of sp³-hybridized carbons (Fsp3) is 0.273. The zero-order valence-electron chi connectivity index (χ0n) is 7.26. The van der Waals surface area contributed by atoms with Crippen LogP contribution in [0, 0.1) is 12.3 Å². The minimum Gasteiger partial charge on any atom is -0.239 e. The van der Waals surface area contributed by atoms with Crippen LogP contribution < -0.4 is 0 Å². The van der Waals surface area contributed by atoms with Crippen LogP contribution in [0.25, 0.3) is 0 Å². The summed E-state index contributed by atoms with van der Waals surface area (Å²) in [5.74, 6) is 2.47. The maximum Gasteiger partial charge on any atom is 0.130 e. The van der Waals surface area contributed by atoms with Crippen LogP contribution in [0.4, 0.5) is 4.39 Å². The number of hydrogen-bond donors (Lipinski definition) is 0. The predicted molar refractivity (Wildman–Crippen MR) is 48.5 cm³/mol. The first kappa shape index (κ1) is 8.80. The molecule has 0 saturated carbocycles. The summed E-state index contributed by atoms with van der Waals surface area (Å²) in [5.41, 5.74) is 0.0310. The minimum absolute atomic E-state index is 0.623. The third kappa shape index (κ3) is 1.85. The lowest BCUT2D eigenvalue weighted by Gasteiger charge is -2.14. The smallest absolute Gasteiger partial charge is 0.130 e. The van der Waals surface area contributed by atoms with E-state index in [-0.39, 0.29) is 0 Å². The van der Waals surface area contributed by atoms with Crippen LogP contribution >= 0.6 is 0 Å². The van der Waals surface area contributed by atoms with E-state index in [1.807, 2.05) is 0 Å². The molecule has 0 radical (unpaired) electrons. The lowest BCUT2D eigenvalue weighted by atomic mass is 9.98. The zero-order valence-corrected chi connectivity index (χ0v) is 7.26. The van der Waals surface area contributed by atoms with Gasteiger partial charge in [0, 0.05) is 5.56 Å². The Hall–Kier alpha value is -1.29. The van der Waals surface area contributed by atoms with Gasteiger partial charge in [-0.2, -0.15) is 0 Å². The van der Waals surface area contributed by atoms with E-state index in [1.165, 1.54) is 13.8 Å². The van der Waals surface area contributed by atoms with E-state index >= 15 is 0 Å². The zero-order chi connectivity index (χ0) is 9.19. The topological polar surface area (TPSA) is 0 Å². The van der Waals surface area contributed by atoms with Gasteiger partial charge in [0.1, 0.15) is 5.67 Å². The predicted octanol–water partition coefficient (Wildman–Crippen LogP) is 2.87. The molecule has 0 atom stereocenters. The Morgan fingerprint density at radius 3 is 2.58 bits per heavy atom. The van der Waals surface area contributed by atoms with Crippen molar-refractivity contribution in [2.75, 3.05) is 0 Å². The molecular weight excluding hydrogens is 151 g/mol. The second-order valence-corrected chi connectivity index (χ2v) is 3.20. The van der Waals surface area contributed by atoms with Gasteiger partial charge < -0.3 is 0 Å². The first-order valence-corrected chi connectivity index (χ1v) is 3.80. The van der Waals surface area contributed by atoms with Crippen molar-refractivity contribution in [2.24, 2.45) is 0 Å². The molecule has 0 aromatic heterocycles. The van der Waals surface area contributed by atoms with Gasteiger partial charge in [-0.1, -0.05) is 18.1 Å². The van der Waals surface area contributed by atoms with Crippen molar-refractivity contribution in [1.29, 1.82) is 0 Å². The van der Waals surface area contributed by atoms with Crippen LogP contribution in [0.3, 0.4) is 0 Å². The second kappa shape index (κ2) is 2.98. The van der Waals surface area contributed by atoms with E-state index in [0.29, 0.717) is 5.56 Å². The highest BCUT2D eigenvalue weighted by Gasteiger charge is 2.18. The average Bonchev–Trinajstić information content (AvgIpc) is 2.03. The van der Waals surface area contributed by atoms with Gasteiger partial charge in [-0.15, -0.1) is 6.42 Å². The first-order valence-electron chi connectivity index (χ1n) is 3.80. The molecule has 0 aliphatic carbocycles. The van der Waals surface area contributed by atoms with Crippen LogP contribution in [0.2, 0.25) is 0 Å². The van der Waals surface area contributed by atoms with Gasteiger partial charge in [-0.05, 0) is 31.5 Å². The maximum atomic E-state index is 13.4. The lowest BCUT2D eigenvalue weighted by molar-refractivity contribution is 0.221. The van der Waals surface area contributed by atoms with E-state index in [4.69, 9.17) is 6.42 Å². The van der Waals surface area contributed by atoms with Crippen molar-refractivity contribution < 1.29 is 4.39 Å². The van der Waals surface area contributed by atoms with Gasteiger partial charge in [0.25, 0.3) is 0 Å². The monoisotopic (exact) mass is 162 g/mol. The van der Waals surface area contributed by atoms with Crippen molar-refractivity contribution in [3.05, 3.63) is 35.4 Å². The standard InChI is InChI=1S/C11H11F/c1-4-9-6-5-7-10(8-9)11(2,3)12/h1,5-8H,2-3H3. The van der Waals surface area contributed by atoms with Crippen LogP contribution in [-0.2, 0) is 5.67 Å². The molecule has 0 aliphatic heterocycles. The third-order valence-electron chi connectivity index (χ3n) is 1.72. The Bertz CT molecular complexity index is 313. The molecule has 0 fully saturated rings. The van der Waals surface area contributed by atoms with E-state index < -0.39 is 5.67 Å². The van der Waals surface area contributed by atoms with E-state index in [1.54, 1.807) is 24.3 Å². The maximum absolute atomic E-state index is 13.4. The molecule has 1 aromatic rings. The summed E-state index contributed by atoms with van der Waals surface area (Å²) in [4.78, 5) is 0. The van der Waals surface area contributed by atoms with E-state index in [0.717, 1.165) is 5.56 Å². The molecule has 0 N–H and O–H groups in total. The molecule has 0 nitrogen and oxygen atoms in total. The highest BCUT2D eigenvalue weighted by molar-refractivity contribution is 5.37. The number of benzene rings is 1. The van der Waals surface area contributed by atoms with E-state index in [9.17, 15) is 4.39 Å². The summed E-state index contributed by atoms with van der Waals surface area (Å²) in [7, 11) is 0. The quantitative estimate of drug-likeness (QED) is 0.557. The summed E-state index contributed by atoms with van der Waals surface area (Å²) in [6.45, 7) is 3.03. The van der Waals surface area contributed by atoms with Gasteiger partial charge in [0.15, 0.2) is 0 Å². The van der Waals surface area contributed by atoms with Gasteiger partial charge >= 0.3 is 0 Å². The van der Waals surface area contributed by atoms with Crippen LogP contribution in [0.1, 0.15) is 25.0 Å². The average molecular weight is 162 g/mol. The van der Waals surface area contributed by atoms with Crippen molar-refractivity contribution in [1.82, 2.24) is 0 Å². The number of terminal acetylenes is 1. The van der Waals surface area contributed by atoms with Crippen LogP contribution in [-0.4, -0.2) is 0 Å². The van der Waals surface area contributed by atoms with Crippen molar-refractivity contribution in [3.8, 4) is 12.3 Å². The van der Waals surface area contributed by atoms with Gasteiger partial charge in [0.2, 0.25) is 0 Å². The largest absolute Gasteiger partial charge is 0.239 e. The Labute approximate surface area is 72.4 Å². The highest BCUT2D eigenvalue weighted by Crippen LogP contribution is 2.24. The molecule has 62 valence electrons. The second-order valence-electron chi connectivity index (χ2n) is 3.20. The fourth-order valence-corrected chi connectivity index (χ4v) is 0.979. The van der Waals surface area contributed by atoms with Gasteiger partial charge in [0.05, 0.1) is 0 Å². The normalized spacial score (nSPS) is 10.8. The molecule has 0 heterocycles. The molecule has 12 heavy (non-hydrogen) atoms. The lowest BCUT2D eigenvalue weighted by Crippen LogP contribution is -2.08. The van der Waals surface area contributed by atoms with E-state index in [2.05, 4.69) is 5.92 Å². The molecule has 0 spiro atoms. The van der Waals surface area contributed by atoms with Crippen molar-refractivity contribution >= 4 is 0 Å². The van der Waals surface area contributed by atoms with Crippen molar-refractivity contribution in [3.63, 3.8) is 0 Å². The summed E-state index contributed by atoms with van der Waals surface area (Å²) in [5, 5.41) is 0. The number of halogens is 1. The molecule has 1 heteroatoms. The number of alkyl halides is 1. The molecule has 0 saturated heterocycles. The molecule has 0 aliphatic rings. The third-order valence-corrected chi connectivity index (χ3v) is 1.72. The van der Waals surface area contributed by atoms with Gasteiger partial charge in [-0.3, -0.25) is 0 Å². The Kier molecular flexibility index (Phi) is 2.19. The van der Waals surface area contributed by atoms with Crippen LogP contribution in [0.15, 0.2) is 24.3 Å². The SMILES string of the molecule is C#Cc1cccc(C(C)(C)F)c1. The summed E-state index contributed by atoms with van der Waals surface area (Å²) < 4.78 is 13.4. The molecule has 0 bridgehead atoms. The molecule has 0 unspecified atom stereocenters. The Morgan fingerprint density at radius 1 is 1.42 bits per heavy atom. The first-order chi connectivity index (χ1) is 5.54. The fourth-order valence-electron chi connectivity index (χ4n) is 0.979. The Balaban J connectivity index is 3.13. The summed E-state index contributed by atoms with van der Waals surface area (Å²) in [6.07, 6.45) is 5.19. The Morgan fingerprint density at radius 2 is 2.08 bits per heavy atom. The van der Waals surface area contributed by atoms with Gasteiger partial charge in [-0.25, -0.2) is 4.39 Å². The number of rotatable bonds is 1. The summed E-state index contributed by atoms with van der Waals surface area (Å²) >= 11 is 0. The molecule has 0 amide bonds. The van der Waals surface area contributed by atoms with Crippen molar-refractivity contribution in [2.45, 2.75) is 19.5 Å². The molecular formula is C11H11F. The molecule has 1 rings (SSSR count). The van der Waals surface area contributed by atoms with Crippen LogP contribution in [0.5, 0.6) is 0 Å².